The van der Waals surface area contributed by atoms with E-state index in [4.69, 9.17) is 4.42 Å². The minimum atomic E-state index is -1.64. The van der Waals surface area contributed by atoms with E-state index in [-0.39, 0.29) is 28.5 Å². The van der Waals surface area contributed by atoms with Crippen molar-refractivity contribution in [3.63, 3.8) is 0 Å². The van der Waals surface area contributed by atoms with Gasteiger partial charge in [0.05, 0.1) is 31.4 Å². The van der Waals surface area contributed by atoms with E-state index in [9.17, 15) is 0 Å². The fourth-order valence-electron chi connectivity index (χ4n) is 12.7. The highest BCUT2D eigenvalue weighted by Crippen LogP contribution is 2.83. The van der Waals surface area contributed by atoms with Crippen molar-refractivity contribution in [3.05, 3.63) is 159 Å². The second-order valence-corrected chi connectivity index (χ2v) is 23.4. The average molecular weight is 711 g/mol. The van der Waals surface area contributed by atoms with Gasteiger partial charge in [-0.15, -0.1) is 0 Å². The molecule has 266 valence electrons. The molecule has 0 saturated heterocycles. The molecule has 4 heterocycles. The normalized spacial score (nSPS) is 33.0. The number of para-hydroxylation sites is 1. The van der Waals surface area contributed by atoms with Gasteiger partial charge >= 0.3 is 0 Å². The Labute approximate surface area is 315 Å². The molecule has 4 aromatic rings. The summed E-state index contributed by atoms with van der Waals surface area (Å²) in [5.74, 6) is 1.88. The molecule has 1 fully saturated rings. The van der Waals surface area contributed by atoms with Gasteiger partial charge in [-0.05, 0) is 72.2 Å². The second-order valence-electron chi connectivity index (χ2n) is 18.3. The molecule has 1 saturated carbocycles. The van der Waals surface area contributed by atoms with Crippen LogP contribution in [-0.4, -0.2) is 24.6 Å². The Hall–Kier alpha value is -4.54. The van der Waals surface area contributed by atoms with E-state index in [2.05, 4.69) is 173 Å². The zero-order valence-corrected chi connectivity index (χ0v) is 33.2. The van der Waals surface area contributed by atoms with Crippen molar-refractivity contribution in [3.8, 4) is 0 Å². The SMILES string of the molecule is CC1=CC2c3ccccc3C3(C)C4(CC5=C(c6c4ccc4c7c(oc64)CCC=C7)N(c4ccccc4)C4C=CC=CC5C4C)C3(C)N2C=C1[Si](C)(C)C. The molecule has 0 radical (unpaired) electrons. The van der Waals surface area contributed by atoms with Gasteiger partial charge < -0.3 is 14.2 Å². The molecule has 7 unspecified atom stereocenters. The average Bonchev–Trinajstić information content (AvgIpc) is 3.41. The number of anilines is 1. The Morgan fingerprint density at radius 1 is 0.887 bits per heavy atom. The zero-order chi connectivity index (χ0) is 36.2. The van der Waals surface area contributed by atoms with Gasteiger partial charge in [0.25, 0.3) is 0 Å². The molecular weight excluding hydrogens is 661 g/mol. The summed E-state index contributed by atoms with van der Waals surface area (Å²) in [5.41, 5.74) is 13.4. The monoisotopic (exact) mass is 710 g/mol. The van der Waals surface area contributed by atoms with Crippen LogP contribution in [0.4, 0.5) is 5.69 Å². The third-order valence-corrected chi connectivity index (χ3v) is 17.3. The quantitative estimate of drug-likeness (QED) is 0.193. The lowest BCUT2D eigenvalue weighted by Gasteiger charge is -2.50. The van der Waals surface area contributed by atoms with Crippen molar-refractivity contribution in [1.82, 2.24) is 4.90 Å². The van der Waals surface area contributed by atoms with E-state index in [1.165, 1.54) is 50.2 Å². The Morgan fingerprint density at radius 2 is 1.66 bits per heavy atom. The van der Waals surface area contributed by atoms with Gasteiger partial charge in [-0.2, -0.15) is 0 Å². The number of hydrogen-bond donors (Lipinski definition) is 0. The largest absolute Gasteiger partial charge is 0.460 e. The minimum absolute atomic E-state index is 0.134. The highest BCUT2D eigenvalue weighted by molar-refractivity contribution is 6.84. The first-order valence-electron chi connectivity index (χ1n) is 20.0. The number of fused-ring (bicyclic) bond motifs is 18. The van der Waals surface area contributed by atoms with E-state index < -0.39 is 8.07 Å². The molecule has 7 atom stereocenters. The van der Waals surface area contributed by atoms with Crippen LogP contribution in [0.5, 0.6) is 0 Å². The molecule has 11 rings (SSSR count). The molecule has 4 aliphatic carbocycles. The van der Waals surface area contributed by atoms with E-state index in [1.54, 1.807) is 10.8 Å². The van der Waals surface area contributed by atoms with Crippen LogP contribution in [0.3, 0.4) is 0 Å². The Bertz CT molecular complexity index is 2470. The number of aryl methyl sites for hydroxylation is 1. The molecule has 4 heteroatoms. The lowest BCUT2D eigenvalue weighted by Crippen LogP contribution is -2.49. The fraction of sp³-hybridized carbons (Fsp3) is 0.347. The van der Waals surface area contributed by atoms with Crippen LogP contribution in [0, 0.1) is 11.8 Å². The summed E-state index contributed by atoms with van der Waals surface area (Å²) in [6.07, 6.45) is 22.5. The number of furan rings is 1. The maximum Gasteiger partial charge on any atom is 0.144 e. The molecule has 2 bridgehead atoms. The number of benzene rings is 3. The molecule has 0 amide bonds. The second kappa shape index (κ2) is 10.4. The lowest BCUT2D eigenvalue weighted by atomic mass is 9.64. The summed E-state index contributed by atoms with van der Waals surface area (Å²) in [4.78, 5) is 5.56. The number of hydrogen-bond acceptors (Lipinski definition) is 3. The van der Waals surface area contributed by atoms with Crippen LogP contribution in [0.25, 0.3) is 22.7 Å². The van der Waals surface area contributed by atoms with Crippen molar-refractivity contribution in [2.45, 2.75) is 95.1 Å². The van der Waals surface area contributed by atoms with Crippen molar-refractivity contribution < 1.29 is 4.42 Å². The molecule has 0 N–H and O–H groups in total. The van der Waals surface area contributed by atoms with Gasteiger partial charge in [0.2, 0.25) is 0 Å². The smallest absolute Gasteiger partial charge is 0.144 e. The molecule has 1 spiro atoms. The predicted molar refractivity (Wildman–Crippen MR) is 222 cm³/mol. The fourth-order valence-corrected chi connectivity index (χ4v) is 14.5. The van der Waals surface area contributed by atoms with E-state index in [0.717, 1.165) is 30.6 Å². The highest BCUT2D eigenvalue weighted by atomic mass is 28.3. The molecule has 53 heavy (non-hydrogen) atoms. The third-order valence-electron chi connectivity index (χ3n) is 15.2. The van der Waals surface area contributed by atoms with Crippen LogP contribution in [0.15, 0.2) is 130 Å². The van der Waals surface area contributed by atoms with Crippen LogP contribution in [0.1, 0.15) is 80.2 Å². The summed E-state index contributed by atoms with van der Waals surface area (Å²) in [5, 5.41) is 2.84. The first-order valence-corrected chi connectivity index (χ1v) is 23.5. The molecule has 1 aromatic heterocycles. The maximum absolute atomic E-state index is 7.22. The van der Waals surface area contributed by atoms with Crippen LogP contribution in [0.2, 0.25) is 19.6 Å². The first kappa shape index (κ1) is 31.9. The van der Waals surface area contributed by atoms with Crippen LogP contribution >= 0.6 is 0 Å². The molecule has 3 aromatic carbocycles. The number of allylic oxidation sites excluding steroid dienone is 7. The third kappa shape index (κ3) is 3.67. The van der Waals surface area contributed by atoms with Crippen molar-refractivity contribution in [2.75, 3.05) is 4.90 Å². The number of rotatable bonds is 2. The van der Waals surface area contributed by atoms with E-state index in [1.807, 2.05) is 0 Å². The van der Waals surface area contributed by atoms with Gasteiger partial charge in [-0.1, -0.05) is 136 Å². The lowest BCUT2D eigenvalue weighted by molar-refractivity contribution is 0.173. The van der Waals surface area contributed by atoms with Gasteiger partial charge in [0.1, 0.15) is 11.3 Å². The van der Waals surface area contributed by atoms with Crippen LogP contribution < -0.4 is 4.90 Å². The number of nitrogens with zero attached hydrogens (tertiary/aromatic N) is 2. The van der Waals surface area contributed by atoms with Crippen molar-refractivity contribution in [1.29, 1.82) is 0 Å². The minimum Gasteiger partial charge on any atom is -0.460 e. The molecule has 3 nitrogen and oxygen atoms in total. The first-order chi connectivity index (χ1) is 25.5. The Morgan fingerprint density at radius 3 is 2.47 bits per heavy atom. The topological polar surface area (TPSA) is 19.6 Å². The van der Waals surface area contributed by atoms with Gasteiger partial charge in [-0.3, -0.25) is 0 Å². The maximum atomic E-state index is 7.22. The highest BCUT2D eigenvalue weighted by Gasteiger charge is 2.88. The zero-order valence-electron chi connectivity index (χ0n) is 32.2. The Kier molecular flexibility index (Phi) is 6.24. The van der Waals surface area contributed by atoms with E-state index in [0.29, 0.717) is 11.8 Å². The standard InChI is InChI=1S/C49H50N2OSi/c1-30-27-41-36-21-11-14-22-38(36)47(3)48(4,50(41)29-43(30)53(5,6)7)49(47)28-37-33-19-12-15-23-40(31(33)2)51(32-17-9-8-10-18-32)45(37)44-39(49)26-25-35-34-20-13-16-24-42(34)52-46(35)44/h8-15,17-23,25-27,29,31,33,40-41H,16,24,28H2,1-7H3. The summed E-state index contributed by atoms with van der Waals surface area (Å²) in [7, 11) is -1.64. The predicted octanol–water partition coefficient (Wildman–Crippen LogP) is 11.8. The Balaban J connectivity index is 1.27. The summed E-state index contributed by atoms with van der Waals surface area (Å²) in [6, 6.07) is 26.1. The molecular formula is C49H50N2OSi. The van der Waals surface area contributed by atoms with Crippen molar-refractivity contribution >= 4 is 36.5 Å². The van der Waals surface area contributed by atoms with Gasteiger partial charge in [-0.25, -0.2) is 0 Å². The molecule has 3 aliphatic heterocycles. The molecule has 7 aliphatic rings. The van der Waals surface area contributed by atoms with Gasteiger partial charge in [0, 0.05) is 51.6 Å². The van der Waals surface area contributed by atoms with Gasteiger partial charge in [0.15, 0.2) is 0 Å². The van der Waals surface area contributed by atoms with Crippen molar-refractivity contribution in [2.24, 2.45) is 11.8 Å². The summed E-state index contributed by atoms with van der Waals surface area (Å²) < 4.78 is 7.22. The van der Waals surface area contributed by atoms with E-state index >= 15 is 0 Å². The van der Waals surface area contributed by atoms with Crippen LogP contribution in [-0.2, 0) is 17.3 Å². The summed E-state index contributed by atoms with van der Waals surface area (Å²) in [6.45, 7) is 17.7. The summed E-state index contributed by atoms with van der Waals surface area (Å²) >= 11 is 0.